The number of aliphatic hydroxyl groups is 1. The Morgan fingerprint density at radius 3 is 2.08 bits per heavy atom. The van der Waals surface area contributed by atoms with Crippen LogP contribution in [0.4, 0.5) is 4.79 Å². The summed E-state index contributed by atoms with van der Waals surface area (Å²) in [6.45, 7) is 11.9. The van der Waals surface area contributed by atoms with E-state index in [9.17, 15) is 19.5 Å². The lowest BCUT2D eigenvalue weighted by Gasteiger charge is -2.30. The van der Waals surface area contributed by atoms with Gasteiger partial charge in [-0.05, 0) is 40.5 Å². The highest BCUT2D eigenvalue weighted by molar-refractivity contribution is 5.89. The molecule has 3 atom stereocenters. The lowest BCUT2D eigenvalue weighted by Crippen LogP contribution is -2.56. The fourth-order valence-electron chi connectivity index (χ4n) is 1.84. The molecule has 146 valence electrons. The molecule has 0 saturated carbocycles. The van der Waals surface area contributed by atoms with Crippen molar-refractivity contribution in [2.24, 2.45) is 5.92 Å². The molecule has 0 aromatic carbocycles. The van der Waals surface area contributed by atoms with Gasteiger partial charge in [0.05, 0.1) is 12.7 Å². The van der Waals surface area contributed by atoms with Crippen molar-refractivity contribution in [2.75, 3.05) is 13.7 Å². The smallest absolute Gasteiger partial charge is 0.410 e. The predicted molar refractivity (Wildman–Crippen MR) is 92.9 cm³/mol. The SMILES string of the molecule is CCOC(=O)[C@H](NC(=O)[C@@H](C)N(C)C(=O)OC(C)(C)C)[C@H](O)C(C)C. The lowest BCUT2D eigenvalue weighted by atomic mass is 9.99. The molecule has 0 aromatic heterocycles. The number of aliphatic hydroxyl groups excluding tert-OH is 1. The van der Waals surface area contributed by atoms with E-state index in [-0.39, 0.29) is 12.5 Å². The second-order valence-corrected chi connectivity index (χ2v) is 7.24. The summed E-state index contributed by atoms with van der Waals surface area (Å²) in [5.74, 6) is -1.58. The van der Waals surface area contributed by atoms with Gasteiger partial charge in [0.25, 0.3) is 0 Å². The van der Waals surface area contributed by atoms with Gasteiger partial charge in [-0.2, -0.15) is 0 Å². The second-order valence-electron chi connectivity index (χ2n) is 7.24. The van der Waals surface area contributed by atoms with Crippen molar-refractivity contribution in [3.63, 3.8) is 0 Å². The first-order chi connectivity index (χ1) is 11.3. The normalized spacial score (nSPS) is 15.1. The number of rotatable bonds is 7. The van der Waals surface area contributed by atoms with Gasteiger partial charge in [-0.25, -0.2) is 9.59 Å². The zero-order chi connectivity index (χ0) is 19.9. The minimum absolute atomic E-state index is 0.128. The summed E-state index contributed by atoms with van der Waals surface area (Å²) in [7, 11) is 1.43. The van der Waals surface area contributed by atoms with Gasteiger partial charge in [0.1, 0.15) is 11.6 Å². The summed E-state index contributed by atoms with van der Waals surface area (Å²) in [5, 5.41) is 12.7. The number of nitrogens with one attached hydrogen (secondary N) is 1. The molecule has 0 aliphatic carbocycles. The number of hydrogen-bond donors (Lipinski definition) is 2. The van der Waals surface area contributed by atoms with E-state index in [1.165, 1.54) is 14.0 Å². The van der Waals surface area contributed by atoms with Crippen LogP contribution in [-0.2, 0) is 19.1 Å². The first-order valence-electron chi connectivity index (χ1n) is 8.42. The van der Waals surface area contributed by atoms with Crippen molar-refractivity contribution in [2.45, 2.75) is 72.3 Å². The average molecular weight is 360 g/mol. The van der Waals surface area contributed by atoms with Crippen molar-refractivity contribution >= 4 is 18.0 Å². The largest absolute Gasteiger partial charge is 0.464 e. The fourth-order valence-corrected chi connectivity index (χ4v) is 1.84. The Balaban J connectivity index is 5.09. The molecule has 2 amide bonds. The summed E-state index contributed by atoms with van der Waals surface area (Å²) >= 11 is 0. The summed E-state index contributed by atoms with van der Waals surface area (Å²) < 4.78 is 10.1. The first kappa shape index (κ1) is 23.2. The minimum Gasteiger partial charge on any atom is -0.464 e. The minimum atomic E-state index is -1.21. The van der Waals surface area contributed by atoms with Crippen LogP contribution in [0.5, 0.6) is 0 Å². The Hall–Kier alpha value is -1.83. The molecule has 0 bridgehead atoms. The summed E-state index contributed by atoms with van der Waals surface area (Å²) in [5.41, 5.74) is -0.692. The van der Waals surface area contributed by atoms with Crippen LogP contribution in [0.2, 0.25) is 0 Å². The van der Waals surface area contributed by atoms with Crippen LogP contribution in [0.1, 0.15) is 48.5 Å². The standard InChI is InChI=1S/C17H32N2O6/c1-9-24-15(22)12(13(20)10(2)3)18-14(21)11(4)19(8)16(23)25-17(5,6)7/h10-13,20H,9H2,1-8H3,(H,18,21)/t11-,12-,13-/m1/s1. The summed E-state index contributed by atoms with van der Waals surface area (Å²) in [6, 6.07) is -2.10. The van der Waals surface area contributed by atoms with E-state index >= 15 is 0 Å². The van der Waals surface area contributed by atoms with Gasteiger partial charge in [0.15, 0.2) is 6.04 Å². The highest BCUT2D eigenvalue weighted by Gasteiger charge is 2.35. The van der Waals surface area contributed by atoms with E-state index in [4.69, 9.17) is 9.47 Å². The highest BCUT2D eigenvalue weighted by atomic mass is 16.6. The number of carbonyl (C=O) groups is 3. The van der Waals surface area contributed by atoms with Crippen LogP contribution in [-0.4, -0.2) is 65.4 Å². The lowest BCUT2D eigenvalue weighted by molar-refractivity contribution is -0.152. The molecule has 0 radical (unpaired) electrons. The molecule has 8 heteroatoms. The van der Waals surface area contributed by atoms with Crippen LogP contribution in [0, 0.1) is 5.92 Å². The number of carbonyl (C=O) groups excluding carboxylic acids is 3. The molecule has 2 N–H and O–H groups in total. The number of hydrogen-bond acceptors (Lipinski definition) is 6. The third kappa shape index (κ3) is 7.72. The Bertz CT molecular complexity index is 472. The van der Waals surface area contributed by atoms with Gasteiger partial charge >= 0.3 is 12.1 Å². The predicted octanol–water partition coefficient (Wildman–Crippen LogP) is 1.31. The Morgan fingerprint density at radius 1 is 1.16 bits per heavy atom. The third-order valence-electron chi connectivity index (χ3n) is 3.50. The van der Waals surface area contributed by atoms with Gasteiger partial charge in [-0.1, -0.05) is 13.8 Å². The summed E-state index contributed by atoms with van der Waals surface area (Å²) in [4.78, 5) is 37.6. The van der Waals surface area contributed by atoms with Gasteiger partial charge in [-0.3, -0.25) is 9.69 Å². The van der Waals surface area contributed by atoms with Crippen LogP contribution < -0.4 is 5.32 Å². The van der Waals surface area contributed by atoms with E-state index in [1.54, 1.807) is 41.5 Å². The fraction of sp³-hybridized carbons (Fsp3) is 0.824. The highest BCUT2D eigenvalue weighted by Crippen LogP contribution is 2.12. The molecule has 0 saturated heterocycles. The monoisotopic (exact) mass is 360 g/mol. The van der Waals surface area contributed by atoms with Crippen molar-refractivity contribution in [1.82, 2.24) is 10.2 Å². The average Bonchev–Trinajstić information content (AvgIpc) is 2.48. The Kier molecular flexibility index (Phi) is 8.90. The molecule has 0 unspecified atom stereocenters. The number of likely N-dealkylation sites (N-methyl/N-ethyl adjacent to an activating group) is 1. The molecule has 0 rings (SSSR count). The maximum absolute atomic E-state index is 12.4. The van der Waals surface area contributed by atoms with Crippen molar-refractivity contribution in [3.05, 3.63) is 0 Å². The van der Waals surface area contributed by atoms with E-state index in [0.29, 0.717) is 0 Å². The Labute approximate surface area is 149 Å². The van der Waals surface area contributed by atoms with Gasteiger partial charge in [0, 0.05) is 7.05 Å². The van der Waals surface area contributed by atoms with Crippen molar-refractivity contribution < 1.29 is 29.0 Å². The molecule has 0 spiro atoms. The topological polar surface area (TPSA) is 105 Å². The number of nitrogens with zero attached hydrogens (tertiary/aromatic N) is 1. The van der Waals surface area contributed by atoms with Crippen LogP contribution in [0.25, 0.3) is 0 Å². The van der Waals surface area contributed by atoms with E-state index in [1.807, 2.05) is 0 Å². The second kappa shape index (κ2) is 9.60. The maximum Gasteiger partial charge on any atom is 0.410 e. The molecule has 0 heterocycles. The molecular formula is C17H32N2O6. The zero-order valence-electron chi connectivity index (χ0n) is 16.5. The van der Waals surface area contributed by atoms with Gasteiger partial charge in [0.2, 0.25) is 5.91 Å². The quantitative estimate of drug-likeness (QED) is 0.663. The van der Waals surface area contributed by atoms with E-state index in [0.717, 1.165) is 4.90 Å². The molecule has 25 heavy (non-hydrogen) atoms. The maximum atomic E-state index is 12.4. The van der Waals surface area contributed by atoms with Crippen molar-refractivity contribution in [3.8, 4) is 0 Å². The van der Waals surface area contributed by atoms with E-state index in [2.05, 4.69) is 5.32 Å². The summed E-state index contributed by atoms with van der Waals surface area (Å²) in [6.07, 6.45) is -1.77. The van der Waals surface area contributed by atoms with Gasteiger partial charge < -0.3 is 19.9 Å². The molecular weight excluding hydrogens is 328 g/mol. The van der Waals surface area contributed by atoms with E-state index < -0.39 is 41.8 Å². The van der Waals surface area contributed by atoms with Crippen molar-refractivity contribution in [1.29, 1.82) is 0 Å². The molecule has 0 aliphatic rings. The number of amides is 2. The first-order valence-corrected chi connectivity index (χ1v) is 8.42. The third-order valence-corrected chi connectivity index (χ3v) is 3.50. The number of ether oxygens (including phenoxy) is 2. The Morgan fingerprint density at radius 2 is 1.68 bits per heavy atom. The molecule has 0 aliphatic heterocycles. The molecule has 0 aromatic rings. The number of esters is 1. The van der Waals surface area contributed by atoms with Crippen LogP contribution >= 0.6 is 0 Å². The molecule has 8 nitrogen and oxygen atoms in total. The zero-order valence-corrected chi connectivity index (χ0v) is 16.5. The molecule has 0 fully saturated rings. The van der Waals surface area contributed by atoms with Crippen LogP contribution in [0.15, 0.2) is 0 Å². The van der Waals surface area contributed by atoms with Crippen LogP contribution in [0.3, 0.4) is 0 Å². The van der Waals surface area contributed by atoms with Gasteiger partial charge in [-0.15, -0.1) is 0 Å².